The Balaban J connectivity index is 2.46. The van der Waals surface area contributed by atoms with E-state index in [1.807, 2.05) is 0 Å². The van der Waals surface area contributed by atoms with Crippen LogP contribution in [0.1, 0.15) is 24.8 Å². The second-order valence-electron chi connectivity index (χ2n) is 3.15. The zero-order valence-corrected chi connectivity index (χ0v) is 7.80. The summed E-state index contributed by atoms with van der Waals surface area (Å²) >= 11 is 0. The predicted octanol–water partition coefficient (Wildman–Crippen LogP) is 2.88. The standard InChI is InChI=1S/C11H12F2O/c12-10-6-5-9(11(13)8-10)4-2-1-3-7-14/h5-8H,1-4H2. The predicted molar refractivity (Wildman–Crippen MR) is 50.0 cm³/mol. The molecule has 0 spiro atoms. The van der Waals surface area contributed by atoms with E-state index in [9.17, 15) is 13.6 Å². The molecule has 0 saturated carbocycles. The summed E-state index contributed by atoms with van der Waals surface area (Å²) in [5.41, 5.74) is 0.511. The first-order chi connectivity index (χ1) is 6.74. The van der Waals surface area contributed by atoms with E-state index < -0.39 is 11.6 Å². The minimum atomic E-state index is -0.556. The number of hydrogen-bond acceptors (Lipinski definition) is 1. The highest BCUT2D eigenvalue weighted by atomic mass is 19.1. The quantitative estimate of drug-likeness (QED) is 0.525. The molecule has 3 heteroatoms. The van der Waals surface area contributed by atoms with Crippen molar-refractivity contribution in [3.05, 3.63) is 35.4 Å². The van der Waals surface area contributed by atoms with Gasteiger partial charge in [0.2, 0.25) is 0 Å². The molecule has 0 radical (unpaired) electrons. The van der Waals surface area contributed by atoms with Crippen LogP contribution in [0.5, 0.6) is 0 Å². The number of aldehydes is 1. The molecule has 14 heavy (non-hydrogen) atoms. The van der Waals surface area contributed by atoms with Crippen LogP contribution < -0.4 is 0 Å². The number of halogens is 2. The van der Waals surface area contributed by atoms with Crippen LogP contribution in [0.25, 0.3) is 0 Å². The highest BCUT2D eigenvalue weighted by Crippen LogP contribution is 2.12. The Kier molecular flexibility index (Phi) is 4.23. The summed E-state index contributed by atoms with van der Waals surface area (Å²) in [5.74, 6) is -1.06. The Morgan fingerprint density at radius 2 is 2.00 bits per heavy atom. The highest BCUT2D eigenvalue weighted by Gasteiger charge is 2.02. The Bertz CT molecular complexity index is 310. The van der Waals surface area contributed by atoms with Gasteiger partial charge in [-0.05, 0) is 30.9 Å². The SMILES string of the molecule is O=CCCCCc1ccc(F)cc1F. The van der Waals surface area contributed by atoms with Crippen molar-refractivity contribution in [2.24, 2.45) is 0 Å². The first-order valence-corrected chi connectivity index (χ1v) is 4.61. The summed E-state index contributed by atoms with van der Waals surface area (Å²) in [6.45, 7) is 0. The molecule has 0 aromatic heterocycles. The topological polar surface area (TPSA) is 17.1 Å². The number of carbonyl (C=O) groups is 1. The maximum absolute atomic E-state index is 13.1. The van der Waals surface area contributed by atoms with Crippen molar-refractivity contribution in [1.82, 2.24) is 0 Å². The van der Waals surface area contributed by atoms with Gasteiger partial charge < -0.3 is 4.79 Å². The number of hydrogen-bond donors (Lipinski definition) is 0. The zero-order chi connectivity index (χ0) is 10.4. The van der Waals surface area contributed by atoms with Crippen LogP contribution in [0.4, 0.5) is 8.78 Å². The van der Waals surface area contributed by atoms with Crippen molar-refractivity contribution in [2.75, 3.05) is 0 Å². The molecule has 1 aromatic rings. The maximum atomic E-state index is 13.1. The summed E-state index contributed by atoms with van der Waals surface area (Å²) in [7, 11) is 0. The average molecular weight is 198 g/mol. The van der Waals surface area contributed by atoms with E-state index in [2.05, 4.69) is 0 Å². The van der Waals surface area contributed by atoms with E-state index in [-0.39, 0.29) is 0 Å². The van der Waals surface area contributed by atoms with Gasteiger partial charge >= 0.3 is 0 Å². The number of rotatable bonds is 5. The van der Waals surface area contributed by atoms with Gasteiger partial charge in [-0.25, -0.2) is 8.78 Å². The molecular formula is C11H12F2O. The Labute approximate surface area is 81.7 Å². The smallest absolute Gasteiger partial charge is 0.129 e. The molecule has 0 aliphatic carbocycles. The fourth-order valence-corrected chi connectivity index (χ4v) is 1.27. The van der Waals surface area contributed by atoms with Crippen molar-refractivity contribution >= 4 is 6.29 Å². The van der Waals surface area contributed by atoms with E-state index in [0.29, 0.717) is 18.4 Å². The molecule has 0 aliphatic heterocycles. The average Bonchev–Trinajstić information content (AvgIpc) is 2.15. The Morgan fingerprint density at radius 1 is 1.21 bits per heavy atom. The van der Waals surface area contributed by atoms with Crippen LogP contribution in [-0.2, 0) is 11.2 Å². The molecule has 0 saturated heterocycles. The first kappa shape index (κ1) is 10.8. The lowest BCUT2D eigenvalue weighted by atomic mass is 10.1. The van der Waals surface area contributed by atoms with Crippen molar-refractivity contribution in [1.29, 1.82) is 0 Å². The first-order valence-electron chi connectivity index (χ1n) is 4.61. The number of carbonyl (C=O) groups excluding carboxylic acids is 1. The lowest BCUT2D eigenvalue weighted by Gasteiger charge is -2.01. The highest BCUT2D eigenvalue weighted by molar-refractivity contribution is 5.48. The van der Waals surface area contributed by atoms with Crippen LogP contribution in [-0.4, -0.2) is 6.29 Å². The van der Waals surface area contributed by atoms with Crippen LogP contribution >= 0.6 is 0 Å². The largest absolute Gasteiger partial charge is 0.303 e. The summed E-state index contributed by atoms with van der Waals surface area (Å²) in [5, 5.41) is 0. The summed E-state index contributed by atoms with van der Waals surface area (Å²) < 4.78 is 25.6. The molecular weight excluding hydrogens is 186 g/mol. The molecule has 76 valence electrons. The van der Waals surface area contributed by atoms with Gasteiger partial charge in [-0.2, -0.15) is 0 Å². The van der Waals surface area contributed by atoms with Crippen LogP contribution in [0.2, 0.25) is 0 Å². The van der Waals surface area contributed by atoms with Crippen LogP contribution in [0.3, 0.4) is 0 Å². The van der Waals surface area contributed by atoms with Gasteiger partial charge in [-0.15, -0.1) is 0 Å². The Hall–Kier alpha value is -1.25. The minimum absolute atomic E-state index is 0.503. The monoisotopic (exact) mass is 198 g/mol. The minimum Gasteiger partial charge on any atom is -0.303 e. The Morgan fingerprint density at radius 3 is 2.64 bits per heavy atom. The van der Waals surface area contributed by atoms with Crippen LogP contribution in [0.15, 0.2) is 18.2 Å². The third-order valence-electron chi connectivity index (χ3n) is 2.03. The third kappa shape index (κ3) is 3.24. The molecule has 1 aromatic carbocycles. The normalized spacial score (nSPS) is 10.1. The van der Waals surface area contributed by atoms with Crippen molar-refractivity contribution in [3.63, 3.8) is 0 Å². The number of aryl methyl sites for hydroxylation is 1. The van der Waals surface area contributed by atoms with E-state index in [4.69, 9.17) is 0 Å². The maximum Gasteiger partial charge on any atom is 0.129 e. The summed E-state index contributed by atoms with van der Waals surface area (Å²) in [4.78, 5) is 10.0. The van der Waals surface area contributed by atoms with Gasteiger partial charge in [0, 0.05) is 12.5 Å². The van der Waals surface area contributed by atoms with Gasteiger partial charge in [-0.3, -0.25) is 0 Å². The van der Waals surface area contributed by atoms with Crippen molar-refractivity contribution in [2.45, 2.75) is 25.7 Å². The van der Waals surface area contributed by atoms with Gasteiger partial charge in [0.15, 0.2) is 0 Å². The number of unbranched alkanes of at least 4 members (excludes halogenated alkanes) is 2. The van der Waals surface area contributed by atoms with E-state index >= 15 is 0 Å². The molecule has 0 atom stereocenters. The molecule has 1 rings (SSSR count). The molecule has 1 nitrogen and oxygen atoms in total. The third-order valence-corrected chi connectivity index (χ3v) is 2.03. The molecule has 0 amide bonds. The molecule has 0 unspecified atom stereocenters. The van der Waals surface area contributed by atoms with Gasteiger partial charge in [0.05, 0.1) is 0 Å². The second-order valence-corrected chi connectivity index (χ2v) is 3.15. The van der Waals surface area contributed by atoms with Gasteiger partial charge in [-0.1, -0.05) is 6.07 Å². The van der Waals surface area contributed by atoms with E-state index in [1.54, 1.807) is 0 Å². The molecule has 0 fully saturated rings. The summed E-state index contributed by atoms with van der Waals surface area (Å²) in [6.07, 6.45) is 3.41. The fraction of sp³-hybridized carbons (Fsp3) is 0.364. The summed E-state index contributed by atoms with van der Waals surface area (Å²) in [6, 6.07) is 3.58. The molecule has 0 N–H and O–H groups in total. The molecule has 0 aliphatic rings. The van der Waals surface area contributed by atoms with Crippen LogP contribution in [0, 0.1) is 11.6 Å². The van der Waals surface area contributed by atoms with Gasteiger partial charge in [0.1, 0.15) is 17.9 Å². The second kappa shape index (κ2) is 5.47. The van der Waals surface area contributed by atoms with E-state index in [1.165, 1.54) is 12.1 Å². The van der Waals surface area contributed by atoms with E-state index in [0.717, 1.165) is 25.2 Å². The lowest BCUT2D eigenvalue weighted by molar-refractivity contribution is -0.107. The molecule has 0 bridgehead atoms. The van der Waals surface area contributed by atoms with Gasteiger partial charge in [0.25, 0.3) is 0 Å². The lowest BCUT2D eigenvalue weighted by Crippen LogP contribution is -1.92. The molecule has 0 heterocycles. The number of benzene rings is 1. The fourth-order valence-electron chi connectivity index (χ4n) is 1.27. The van der Waals surface area contributed by atoms with Crippen molar-refractivity contribution in [3.8, 4) is 0 Å². The zero-order valence-electron chi connectivity index (χ0n) is 7.80. The van der Waals surface area contributed by atoms with Crippen molar-refractivity contribution < 1.29 is 13.6 Å².